The number of esters is 3. The highest BCUT2D eigenvalue weighted by Gasteiger charge is 2.19. The maximum Gasteiger partial charge on any atom is 0.306 e. The van der Waals surface area contributed by atoms with Crippen LogP contribution in [-0.4, -0.2) is 37.2 Å². The van der Waals surface area contributed by atoms with Gasteiger partial charge in [-0.05, 0) is 148 Å². The van der Waals surface area contributed by atoms with Gasteiger partial charge in [-0.15, -0.1) is 0 Å². The summed E-state index contributed by atoms with van der Waals surface area (Å²) >= 11 is 0. The number of hydrogen-bond acceptors (Lipinski definition) is 6. The van der Waals surface area contributed by atoms with Gasteiger partial charge in [0.25, 0.3) is 0 Å². The smallest absolute Gasteiger partial charge is 0.306 e. The number of ether oxygens (including phenoxy) is 3. The van der Waals surface area contributed by atoms with Crippen molar-refractivity contribution in [3.8, 4) is 0 Å². The zero-order valence-corrected chi connectivity index (χ0v) is 52.7. The molecule has 0 aliphatic heterocycles. The molecule has 0 radical (unpaired) electrons. The maximum absolute atomic E-state index is 12.9. The highest BCUT2D eigenvalue weighted by atomic mass is 16.6. The second-order valence-electron chi connectivity index (χ2n) is 21.3. The van der Waals surface area contributed by atoms with Gasteiger partial charge in [0.15, 0.2) is 6.10 Å². The molecule has 0 N–H and O–H groups in total. The summed E-state index contributed by atoms with van der Waals surface area (Å²) in [5.41, 5.74) is 0. The standard InChI is InChI=1S/C76H120O6/c1-4-7-10-13-16-19-22-24-26-28-30-32-33-34-35-36-37-38-39-40-41-42-43-45-46-48-50-52-54-57-60-63-66-69-75(78)81-72-73(71-80-74(77)68-65-62-59-56-21-18-15-12-9-6-3)82-76(79)70-67-64-61-58-55-53-51-49-47-44-31-29-27-25-23-20-17-14-11-8-5-2/h7-8,10-12,15-17,19-20,24-27,30-32,34-35,37-38,40-41,43-45,48,50,73H,4-6,9,13-14,18,21-23,28-29,33,36,39,42,46-47,49,51-72H2,1-3H3/b10-7-,11-8-,15-12-,19-16-,20-17-,26-24-,27-25-,32-30-,35-34-,38-37-,41-40-,44-31-,45-43-,50-48-. The third-order valence-corrected chi connectivity index (χ3v) is 13.4. The first-order valence-corrected chi connectivity index (χ1v) is 33.1. The van der Waals surface area contributed by atoms with Crippen LogP contribution in [0.15, 0.2) is 170 Å². The molecule has 0 aliphatic rings. The van der Waals surface area contributed by atoms with Crippen molar-refractivity contribution in [2.75, 3.05) is 13.2 Å². The van der Waals surface area contributed by atoms with E-state index in [1.165, 1.54) is 44.9 Å². The first kappa shape index (κ1) is 76.8. The van der Waals surface area contributed by atoms with E-state index in [9.17, 15) is 14.4 Å². The molecule has 6 heteroatoms. The molecule has 1 unspecified atom stereocenters. The Bertz CT molecular complexity index is 1870. The fourth-order valence-corrected chi connectivity index (χ4v) is 8.55. The lowest BCUT2D eigenvalue weighted by molar-refractivity contribution is -0.167. The molecular formula is C76H120O6. The third-order valence-electron chi connectivity index (χ3n) is 13.4. The first-order valence-electron chi connectivity index (χ1n) is 33.1. The number of carbonyl (C=O) groups is 3. The lowest BCUT2D eigenvalue weighted by Crippen LogP contribution is -2.30. The monoisotopic (exact) mass is 1130 g/mol. The van der Waals surface area contributed by atoms with Crippen LogP contribution < -0.4 is 0 Å². The Balaban J connectivity index is 4.32. The van der Waals surface area contributed by atoms with Crippen LogP contribution in [0, 0.1) is 0 Å². The summed E-state index contributed by atoms with van der Waals surface area (Å²) in [7, 11) is 0. The van der Waals surface area contributed by atoms with Crippen molar-refractivity contribution < 1.29 is 28.6 Å². The quantitative estimate of drug-likeness (QED) is 0.0261. The van der Waals surface area contributed by atoms with E-state index in [0.717, 1.165) is 186 Å². The predicted molar refractivity (Wildman–Crippen MR) is 357 cm³/mol. The molecule has 1 atom stereocenters. The molecule has 0 fully saturated rings. The zero-order chi connectivity index (χ0) is 59.2. The molecular weight excluding hydrogens is 1010 g/mol. The van der Waals surface area contributed by atoms with E-state index >= 15 is 0 Å². The first-order chi connectivity index (χ1) is 40.5. The molecule has 0 aromatic carbocycles. The SMILES string of the molecule is CC/C=C\C/C=C\C/C=C\C/C=C\C/C=C\C/C=C\C/C=C\C/C=C\C/C=C\CCCCCCCC(=O)OCC(COC(=O)CCCCCCC/C=C\CCC)OC(=O)CCCCCCCCCC/C=C\C/C=C\C/C=C\C/C=C\CC. The van der Waals surface area contributed by atoms with E-state index in [1.807, 2.05) is 0 Å². The van der Waals surface area contributed by atoms with Gasteiger partial charge < -0.3 is 14.2 Å². The summed E-state index contributed by atoms with van der Waals surface area (Å²) in [6.45, 7) is 6.32. The van der Waals surface area contributed by atoms with E-state index in [2.05, 4.69) is 191 Å². The van der Waals surface area contributed by atoms with Crippen LogP contribution in [0.25, 0.3) is 0 Å². The Morgan fingerprint density at radius 2 is 0.476 bits per heavy atom. The molecule has 0 heterocycles. The molecule has 0 amide bonds. The molecule has 0 spiro atoms. The maximum atomic E-state index is 12.9. The fourth-order valence-electron chi connectivity index (χ4n) is 8.55. The highest BCUT2D eigenvalue weighted by molar-refractivity contribution is 5.71. The summed E-state index contributed by atoms with van der Waals surface area (Å²) in [4.78, 5) is 38.3. The van der Waals surface area contributed by atoms with Gasteiger partial charge in [0.2, 0.25) is 0 Å². The van der Waals surface area contributed by atoms with Crippen LogP contribution >= 0.6 is 0 Å². The average Bonchev–Trinajstić information content (AvgIpc) is 3.48. The summed E-state index contributed by atoms with van der Waals surface area (Å²) < 4.78 is 16.9. The van der Waals surface area contributed by atoms with Gasteiger partial charge in [0.1, 0.15) is 13.2 Å². The number of rotatable bonds is 58. The van der Waals surface area contributed by atoms with Gasteiger partial charge >= 0.3 is 17.9 Å². The van der Waals surface area contributed by atoms with Crippen LogP contribution in [-0.2, 0) is 28.6 Å². The van der Waals surface area contributed by atoms with Crippen LogP contribution in [0.1, 0.15) is 271 Å². The van der Waals surface area contributed by atoms with Crippen molar-refractivity contribution in [2.24, 2.45) is 0 Å². The summed E-state index contributed by atoms with van der Waals surface area (Å²) in [6, 6.07) is 0. The molecule has 0 rings (SSSR count). The van der Waals surface area contributed by atoms with Crippen molar-refractivity contribution in [1.82, 2.24) is 0 Å². The fraction of sp³-hybridized carbons (Fsp3) is 0.592. The molecule has 0 saturated heterocycles. The van der Waals surface area contributed by atoms with Crippen molar-refractivity contribution in [2.45, 2.75) is 277 Å². The highest BCUT2D eigenvalue weighted by Crippen LogP contribution is 2.14. The van der Waals surface area contributed by atoms with E-state index in [4.69, 9.17) is 14.2 Å². The van der Waals surface area contributed by atoms with Crippen molar-refractivity contribution in [3.63, 3.8) is 0 Å². The van der Waals surface area contributed by atoms with E-state index in [-0.39, 0.29) is 31.1 Å². The van der Waals surface area contributed by atoms with E-state index < -0.39 is 6.10 Å². The Kier molecular flexibility index (Phi) is 63.9. The number of carbonyl (C=O) groups excluding carboxylic acids is 3. The van der Waals surface area contributed by atoms with Gasteiger partial charge in [-0.3, -0.25) is 14.4 Å². The van der Waals surface area contributed by atoms with E-state index in [0.29, 0.717) is 19.3 Å². The minimum absolute atomic E-state index is 0.0986. The number of allylic oxidation sites excluding steroid dienone is 28. The largest absolute Gasteiger partial charge is 0.462 e. The average molecular weight is 1130 g/mol. The second kappa shape index (κ2) is 68.3. The van der Waals surface area contributed by atoms with Gasteiger partial charge in [-0.2, -0.15) is 0 Å². The Morgan fingerprint density at radius 3 is 0.756 bits per heavy atom. The topological polar surface area (TPSA) is 78.9 Å². The van der Waals surface area contributed by atoms with Crippen molar-refractivity contribution in [1.29, 1.82) is 0 Å². The normalized spacial score (nSPS) is 13.3. The van der Waals surface area contributed by atoms with Crippen LogP contribution in [0.2, 0.25) is 0 Å². The summed E-state index contributed by atoms with van der Waals surface area (Å²) in [5, 5.41) is 0. The summed E-state index contributed by atoms with van der Waals surface area (Å²) in [6.07, 6.45) is 101. The number of unbranched alkanes of at least 4 members (excludes halogenated alkanes) is 19. The predicted octanol–water partition coefficient (Wildman–Crippen LogP) is 23.0. The molecule has 82 heavy (non-hydrogen) atoms. The second-order valence-corrected chi connectivity index (χ2v) is 21.3. The lowest BCUT2D eigenvalue weighted by atomic mass is 10.1. The van der Waals surface area contributed by atoms with Gasteiger partial charge in [-0.1, -0.05) is 274 Å². The molecule has 0 aromatic heterocycles. The minimum Gasteiger partial charge on any atom is -0.462 e. The van der Waals surface area contributed by atoms with Gasteiger partial charge in [0.05, 0.1) is 0 Å². The van der Waals surface area contributed by atoms with Crippen LogP contribution in [0.3, 0.4) is 0 Å². The van der Waals surface area contributed by atoms with Crippen LogP contribution in [0.5, 0.6) is 0 Å². The minimum atomic E-state index is -0.803. The van der Waals surface area contributed by atoms with E-state index in [1.54, 1.807) is 0 Å². The molecule has 0 bridgehead atoms. The Hall–Kier alpha value is -5.23. The summed E-state index contributed by atoms with van der Waals surface area (Å²) in [5.74, 6) is -0.941. The molecule has 460 valence electrons. The van der Waals surface area contributed by atoms with Crippen molar-refractivity contribution >= 4 is 17.9 Å². The zero-order valence-electron chi connectivity index (χ0n) is 52.7. The van der Waals surface area contributed by atoms with Crippen LogP contribution in [0.4, 0.5) is 0 Å². The van der Waals surface area contributed by atoms with Gasteiger partial charge in [0, 0.05) is 19.3 Å². The van der Waals surface area contributed by atoms with Crippen molar-refractivity contribution in [3.05, 3.63) is 170 Å². The molecule has 6 nitrogen and oxygen atoms in total. The Morgan fingerprint density at radius 1 is 0.256 bits per heavy atom. The molecule has 0 aromatic rings. The van der Waals surface area contributed by atoms with Gasteiger partial charge in [-0.25, -0.2) is 0 Å². The lowest BCUT2D eigenvalue weighted by Gasteiger charge is -2.18. The third kappa shape index (κ3) is 65.6. The Labute approximate surface area is 504 Å². The molecule has 0 saturated carbocycles. The molecule has 0 aliphatic carbocycles. The number of hydrogen-bond donors (Lipinski definition) is 0.